The summed E-state index contributed by atoms with van der Waals surface area (Å²) in [7, 11) is 0. The number of hydrogen-bond donors (Lipinski definition) is 0. The Hall–Kier alpha value is -2.34. The maximum Gasteiger partial charge on any atom is 0.199 e. The lowest BCUT2D eigenvalue weighted by molar-refractivity contribution is 0.946. The third-order valence-corrected chi connectivity index (χ3v) is 3.04. The average molecular weight is 238 g/mol. The van der Waals surface area contributed by atoms with E-state index in [0.717, 1.165) is 22.5 Å². The first-order valence-corrected chi connectivity index (χ1v) is 5.74. The Labute approximate surface area is 106 Å². The normalized spacial score (nSPS) is 10.1. The number of aromatic nitrogens is 1. The molecule has 0 unspecified atom stereocenters. The number of aryl methyl sites for hydroxylation is 3. The van der Waals surface area contributed by atoms with Crippen molar-refractivity contribution in [3.05, 3.63) is 63.1 Å². The molecule has 0 bridgehead atoms. The van der Waals surface area contributed by atoms with Crippen LogP contribution in [0.15, 0.2) is 35.3 Å². The van der Waals surface area contributed by atoms with Gasteiger partial charge in [0.15, 0.2) is 5.43 Å². The fraction of sp³-hybridized carbons (Fsp3) is 0.200. The zero-order chi connectivity index (χ0) is 13.3. The molecule has 1 heterocycles. The van der Waals surface area contributed by atoms with Gasteiger partial charge in [0.05, 0.1) is 5.69 Å². The standard InChI is InChI=1S/C15H14N2O/c1-10-5-4-6-11(2)15(10)17-9-13(8-16)14(18)7-12(17)3/h4-7,9H,1-3H3. The number of nitriles is 1. The summed E-state index contributed by atoms with van der Waals surface area (Å²) in [6.07, 6.45) is 1.62. The molecule has 0 atom stereocenters. The lowest BCUT2D eigenvalue weighted by Gasteiger charge is -2.16. The molecule has 0 aliphatic heterocycles. The molecule has 1 aromatic carbocycles. The van der Waals surface area contributed by atoms with Crippen LogP contribution in [0.5, 0.6) is 0 Å². The van der Waals surface area contributed by atoms with Gasteiger partial charge in [-0.2, -0.15) is 5.26 Å². The second-order valence-corrected chi connectivity index (χ2v) is 4.41. The van der Waals surface area contributed by atoms with Crippen molar-refractivity contribution in [3.63, 3.8) is 0 Å². The fourth-order valence-corrected chi connectivity index (χ4v) is 2.14. The molecule has 2 rings (SSSR count). The molecule has 0 radical (unpaired) electrons. The molecule has 0 spiro atoms. The Balaban J connectivity index is 2.80. The van der Waals surface area contributed by atoms with Gasteiger partial charge >= 0.3 is 0 Å². The molecule has 1 aromatic heterocycles. The molecule has 0 N–H and O–H groups in total. The van der Waals surface area contributed by atoms with E-state index in [0.29, 0.717) is 0 Å². The van der Waals surface area contributed by atoms with Crippen molar-refractivity contribution in [1.29, 1.82) is 5.26 Å². The minimum Gasteiger partial charge on any atom is -0.319 e. The summed E-state index contributed by atoms with van der Waals surface area (Å²) in [4.78, 5) is 11.6. The molecule has 18 heavy (non-hydrogen) atoms. The van der Waals surface area contributed by atoms with E-state index >= 15 is 0 Å². The van der Waals surface area contributed by atoms with Crippen molar-refractivity contribution in [2.24, 2.45) is 0 Å². The van der Waals surface area contributed by atoms with Crippen LogP contribution in [0, 0.1) is 32.1 Å². The molecule has 0 amide bonds. The van der Waals surface area contributed by atoms with E-state index in [1.54, 1.807) is 6.20 Å². The van der Waals surface area contributed by atoms with Crippen molar-refractivity contribution in [3.8, 4) is 11.8 Å². The van der Waals surface area contributed by atoms with Crippen molar-refractivity contribution in [2.75, 3.05) is 0 Å². The van der Waals surface area contributed by atoms with E-state index in [2.05, 4.69) is 0 Å². The van der Waals surface area contributed by atoms with Gasteiger partial charge < -0.3 is 4.57 Å². The Morgan fingerprint density at radius 2 is 1.78 bits per heavy atom. The van der Waals surface area contributed by atoms with Gasteiger partial charge in [0, 0.05) is 18.0 Å². The molecular formula is C15H14N2O. The summed E-state index contributed by atoms with van der Waals surface area (Å²) in [5.41, 5.74) is 4.04. The molecule has 0 saturated heterocycles. The fourth-order valence-electron chi connectivity index (χ4n) is 2.14. The summed E-state index contributed by atoms with van der Waals surface area (Å²) in [5, 5.41) is 8.96. The van der Waals surface area contributed by atoms with E-state index in [-0.39, 0.29) is 11.0 Å². The van der Waals surface area contributed by atoms with E-state index in [1.165, 1.54) is 6.07 Å². The van der Waals surface area contributed by atoms with E-state index < -0.39 is 0 Å². The van der Waals surface area contributed by atoms with Crippen LogP contribution in [0.4, 0.5) is 0 Å². The summed E-state index contributed by atoms with van der Waals surface area (Å²) in [5.74, 6) is 0. The topological polar surface area (TPSA) is 45.8 Å². The quantitative estimate of drug-likeness (QED) is 0.766. The van der Waals surface area contributed by atoms with Crippen LogP contribution in [-0.2, 0) is 0 Å². The molecule has 90 valence electrons. The van der Waals surface area contributed by atoms with E-state index in [4.69, 9.17) is 5.26 Å². The Morgan fingerprint density at radius 1 is 1.17 bits per heavy atom. The zero-order valence-electron chi connectivity index (χ0n) is 10.7. The van der Waals surface area contributed by atoms with Crippen molar-refractivity contribution < 1.29 is 0 Å². The summed E-state index contributed by atoms with van der Waals surface area (Å²) >= 11 is 0. The first-order valence-electron chi connectivity index (χ1n) is 5.74. The number of rotatable bonds is 1. The predicted molar refractivity (Wildman–Crippen MR) is 71.0 cm³/mol. The minimum atomic E-state index is -0.225. The largest absolute Gasteiger partial charge is 0.319 e. The SMILES string of the molecule is Cc1cccc(C)c1-n1cc(C#N)c(=O)cc1C. The number of benzene rings is 1. The zero-order valence-corrected chi connectivity index (χ0v) is 10.7. The summed E-state index contributed by atoms with van der Waals surface area (Å²) in [6.45, 7) is 5.91. The Morgan fingerprint density at radius 3 is 2.33 bits per heavy atom. The molecule has 0 fully saturated rings. The number of hydrogen-bond acceptors (Lipinski definition) is 2. The molecule has 0 saturated carbocycles. The van der Waals surface area contributed by atoms with Crippen LogP contribution >= 0.6 is 0 Å². The number of para-hydroxylation sites is 1. The summed E-state index contributed by atoms with van der Waals surface area (Å²) < 4.78 is 1.91. The van der Waals surface area contributed by atoms with Crippen LogP contribution in [0.2, 0.25) is 0 Å². The third kappa shape index (κ3) is 1.93. The highest BCUT2D eigenvalue weighted by atomic mass is 16.1. The van der Waals surface area contributed by atoms with E-state index in [9.17, 15) is 4.79 Å². The highest BCUT2D eigenvalue weighted by Gasteiger charge is 2.09. The first kappa shape index (κ1) is 12.1. The van der Waals surface area contributed by atoms with Crippen LogP contribution < -0.4 is 5.43 Å². The maximum atomic E-state index is 11.6. The number of nitrogens with zero attached hydrogens (tertiary/aromatic N) is 2. The van der Waals surface area contributed by atoms with Crippen molar-refractivity contribution in [1.82, 2.24) is 4.57 Å². The minimum absolute atomic E-state index is 0.170. The predicted octanol–water partition coefficient (Wildman–Crippen LogP) is 2.63. The Kier molecular flexibility index (Phi) is 3.03. The maximum absolute atomic E-state index is 11.6. The van der Waals surface area contributed by atoms with Gasteiger partial charge in [0.1, 0.15) is 11.6 Å². The van der Waals surface area contributed by atoms with Crippen molar-refractivity contribution >= 4 is 0 Å². The van der Waals surface area contributed by atoms with Gasteiger partial charge in [-0.25, -0.2) is 0 Å². The van der Waals surface area contributed by atoms with Gasteiger partial charge in [0.25, 0.3) is 0 Å². The molecule has 3 nitrogen and oxygen atoms in total. The molecule has 3 heteroatoms. The second kappa shape index (κ2) is 4.50. The van der Waals surface area contributed by atoms with Gasteiger partial charge in [0.2, 0.25) is 0 Å². The van der Waals surface area contributed by atoms with Gasteiger partial charge in [-0.15, -0.1) is 0 Å². The number of pyridine rings is 1. The molecule has 0 aliphatic rings. The lowest BCUT2D eigenvalue weighted by Crippen LogP contribution is -2.13. The third-order valence-electron chi connectivity index (χ3n) is 3.04. The average Bonchev–Trinajstić information content (AvgIpc) is 2.31. The van der Waals surface area contributed by atoms with Crippen LogP contribution in [0.1, 0.15) is 22.4 Å². The molecular weight excluding hydrogens is 224 g/mol. The van der Waals surface area contributed by atoms with Crippen LogP contribution in [0.25, 0.3) is 5.69 Å². The van der Waals surface area contributed by atoms with Crippen LogP contribution in [0.3, 0.4) is 0 Å². The van der Waals surface area contributed by atoms with Crippen LogP contribution in [-0.4, -0.2) is 4.57 Å². The molecule has 0 aliphatic carbocycles. The second-order valence-electron chi connectivity index (χ2n) is 4.41. The monoisotopic (exact) mass is 238 g/mol. The first-order chi connectivity index (χ1) is 8.54. The Bertz CT molecular complexity index is 685. The summed E-state index contributed by atoms with van der Waals surface area (Å²) in [6, 6.07) is 9.48. The smallest absolute Gasteiger partial charge is 0.199 e. The molecule has 2 aromatic rings. The highest BCUT2D eigenvalue weighted by Crippen LogP contribution is 2.20. The van der Waals surface area contributed by atoms with E-state index in [1.807, 2.05) is 49.6 Å². The van der Waals surface area contributed by atoms with Crippen molar-refractivity contribution in [2.45, 2.75) is 20.8 Å². The highest BCUT2D eigenvalue weighted by molar-refractivity contribution is 5.49. The van der Waals surface area contributed by atoms with Gasteiger partial charge in [-0.3, -0.25) is 4.79 Å². The van der Waals surface area contributed by atoms with Gasteiger partial charge in [-0.1, -0.05) is 18.2 Å². The van der Waals surface area contributed by atoms with Gasteiger partial charge in [-0.05, 0) is 31.9 Å². The lowest BCUT2D eigenvalue weighted by atomic mass is 10.1.